The maximum atomic E-state index is 6.61. The van der Waals surface area contributed by atoms with Gasteiger partial charge in [-0.15, -0.1) is 0 Å². The summed E-state index contributed by atoms with van der Waals surface area (Å²) >= 11 is 0. The Kier molecular flexibility index (Phi) is 9.04. The first kappa shape index (κ1) is 31.1. The molecule has 2 aliphatic rings. The fraction of sp³-hybridized carbons (Fsp3) is 1.00. The van der Waals surface area contributed by atoms with Crippen molar-refractivity contribution in [2.45, 2.75) is 182 Å². The van der Waals surface area contributed by atoms with Crippen LogP contribution < -0.4 is 0 Å². The predicted molar refractivity (Wildman–Crippen MR) is 147 cm³/mol. The highest BCUT2D eigenvalue weighted by atomic mass is 16.7. The normalized spacial score (nSPS) is 23.5. The van der Waals surface area contributed by atoms with E-state index in [2.05, 4.69) is 96.9 Å². The van der Waals surface area contributed by atoms with Gasteiger partial charge in [0.2, 0.25) is 0 Å². The number of ether oxygens (including phenoxy) is 4. The van der Waals surface area contributed by atoms with Crippen molar-refractivity contribution in [3.63, 3.8) is 0 Å². The quantitative estimate of drug-likeness (QED) is 0.344. The Morgan fingerprint density at radius 2 is 0.600 bits per heavy atom. The molecule has 2 rings (SSSR count). The standard InChI is InChI=1S/C31H60O4/c1-25(2,3)32-30(33-26(4,5)6)19-15-23(16-20-30)29(13,14)24-17-21-31(22-18-24,34-27(7,8)9)35-28(10,11)12/h23-24H,15-22H2,1-14H3. The Morgan fingerprint density at radius 3 is 0.771 bits per heavy atom. The number of rotatable bonds is 6. The first-order valence-corrected chi connectivity index (χ1v) is 14.3. The Bertz CT molecular complexity index is 571. The molecule has 0 saturated heterocycles. The molecule has 0 unspecified atom stereocenters. The molecule has 0 spiro atoms. The van der Waals surface area contributed by atoms with Gasteiger partial charge >= 0.3 is 0 Å². The fourth-order valence-corrected chi connectivity index (χ4v) is 6.62. The third-order valence-corrected chi connectivity index (χ3v) is 7.57. The maximum Gasteiger partial charge on any atom is 0.169 e. The summed E-state index contributed by atoms with van der Waals surface area (Å²) in [7, 11) is 0. The van der Waals surface area contributed by atoms with Crippen LogP contribution in [-0.2, 0) is 18.9 Å². The van der Waals surface area contributed by atoms with E-state index in [0.29, 0.717) is 11.8 Å². The average Bonchev–Trinajstić information content (AvgIpc) is 2.56. The summed E-state index contributed by atoms with van der Waals surface area (Å²) in [6, 6.07) is 0. The van der Waals surface area contributed by atoms with E-state index in [0.717, 1.165) is 51.4 Å². The molecule has 0 aromatic carbocycles. The predicted octanol–water partition coefficient (Wildman–Crippen LogP) is 9.05. The van der Waals surface area contributed by atoms with Crippen LogP contribution in [0.5, 0.6) is 0 Å². The molecule has 0 aromatic heterocycles. The van der Waals surface area contributed by atoms with Crippen molar-refractivity contribution >= 4 is 0 Å². The topological polar surface area (TPSA) is 36.9 Å². The monoisotopic (exact) mass is 496 g/mol. The molecule has 4 nitrogen and oxygen atoms in total. The van der Waals surface area contributed by atoms with Gasteiger partial charge in [0.25, 0.3) is 0 Å². The molecular weight excluding hydrogens is 436 g/mol. The van der Waals surface area contributed by atoms with Crippen LogP contribution in [0, 0.1) is 17.3 Å². The number of hydrogen-bond donors (Lipinski definition) is 0. The lowest BCUT2D eigenvalue weighted by Crippen LogP contribution is -2.52. The second-order valence-electron chi connectivity index (χ2n) is 16.0. The van der Waals surface area contributed by atoms with Gasteiger partial charge in [-0.25, -0.2) is 0 Å². The third-order valence-electron chi connectivity index (χ3n) is 7.57. The van der Waals surface area contributed by atoms with Crippen LogP contribution in [0.15, 0.2) is 0 Å². The second-order valence-corrected chi connectivity index (χ2v) is 16.0. The third kappa shape index (κ3) is 9.58. The van der Waals surface area contributed by atoms with Crippen LogP contribution >= 0.6 is 0 Å². The molecule has 0 amide bonds. The van der Waals surface area contributed by atoms with Gasteiger partial charge in [0, 0.05) is 25.7 Å². The Balaban J connectivity index is 2.11. The van der Waals surface area contributed by atoms with E-state index in [4.69, 9.17) is 18.9 Å². The summed E-state index contributed by atoms with van der Waals surface area (Å²) in [6.45, 7) is 30.7. The summed E-state index contributed by atoms with van der Waals surface area (Å²) in [6.07, 6.45) is 8.46. The van der Waals surface area contributed by atoms with Crippen molar-refractivity contribution in [1.82, 2.24) is 0 Å². The van der Waals surface area contributed by atoms with Crippen molar-refractivity contribution in [1.29, 1.82) is 0 Å². The summed E-state index contributed by atoms with van der Waals surface area (Å²) in [5, 5.41) is 0. The molecule has 2 fully saturated rings. The van der Waals surface area contributed by atoms with Gasteiger partial charge in [-0.1, -0.05) is 13.8 Å². The van der Waals surface area contributed by atoms with E-state index in [9.17, 15) is 0 Å². The molecule has 2 aliphatic carbocycles. The molecule has 2 saturated carbocycles. The molecule has 0 radical (unpaired) electrons. The average molecular weight is 497 g/mol. The van der Waals surface area contributed by atoms with Crippen LogP contribution in [0.1, 0.15) is 148 Å². The Labute approximate surface area is 218 Å². The molecule has 0 N–H and O–H groups in total. The Morgan fingerprint density at radius 1 is 0.400 bits per heavy atom. The Hall–Kier alpha value is -0.160. The molecule has 4 heteroatoms. The lowest BCUT2D eigenvalue weighted by Gasteiger charge is -2.53. The van der Waals surface area contributed by atoms with Gasteiger partial charge in [-0.3, -0.25) is 0 Å². The van der Waals surface area contributed by atoms with E-state index in [1.54, 1.807) is 0 Å². The maximum absolute atomic E-state index is 6.61. The highest BCUT2D eigenvalue weighted by molar-refractivity contribution is 4.96. The van der Waals surface area contributed by atoms with Crippen molar-refractivity contribution in [2.24, 2.45) is 17.3 Å². The summed E-state index contributed by atoms with van der Waals surface area (Å²) < 4.78 is 26.5. The van der Waals surface area contributed by atoms with Gasteiger partial charge in [0.1, 0.15) is 0 Å². The second kappa shape index (κ2) is 10.2. The van der Waals surface area contributed by atoms with Crippen LogP contribution in [0.25, 0.3) is 0 Å². The van der Waals surface area contributed by atoms with Crippen LogP contribution in [0.4, 0.5) is 0 Å². The van der Waals surface area contributed by atoms with Crippen LogP contribution in [-0.4, -0.2) is 34.0 Å². The zero-order valence-corrected chi connectivity index (χ0v) is 25.9. The minimum atomic E-state index is -0.480. The van der Waals surface area contributed by atoms with Gasteiger partial charge < -0.3 is 18.9 Å². The SMILES string of the molecule is CC(C)(C)OC1(OC(C)(C)C)CCC(C(C)(C)C2CCC(OC(C)(C)C)(OC(C)(C)C)CC2)CC1. The molecule has 0 aliphatic heterocycles. The van der Waals surface area contributed by atoms with E-state index in [1.165, 1.54) is 0 Å². The zero-order chi connectivity index (χ0) is 27.1. The van der Waals surface area contributed by atoms with Crippen LogP contribution in [0.3, 0.4) is 0 Å². The molecule has 0 atom stereocenters. The molecule has 0 bridgehead atoms. The van der Waals surface area contributed by atoms with E-state index >= 15 is 0 Å². The number of hydrogen-bond acceptors (Lipinski definition) is 4. The summed E-state index contributed by atoms with van der Waals surface area (Å²) in [4.78, 5) is 0. The minimum Gasteiger partial charge on any atom is -0.344 e. The molecule has 208 valence electrons. The van der Waals surface area contributed by atoms with Gasteiger partial charge in [0.15, 0.2) is 11.6 Å². The van der Waals surface area contributed by atoms with E-state index in [1.807, 2.05) is 0 Å². The lowest BCUT2D eigenvalue weighted by atomic mass is 9.60. The molecule has 0 heterocycles. The van der Waals surface area contributed by atoms with E-state index in [-0.39, 0.29) is 27.8 Å². The smallest absolute Gasteiger partial charge is 0.169 e. The van der Waals surface area contributed by atoms with Gasteiger partial charge in [-0.2, -0.15) is 0 Å². The zero-order valence-electron chi connectivity index (χ0n) is 25.9. The fourth-order valence-electron chi connectivity index (χ4n) is 6.62. The highest BCUT2D eigenvalue weighted by Gasteiger charge is 2.50. The van der Waals surface area contributed by atoms with Crippen LogP contribution in [0.2, 0.25) is 0 Å². The molecule has 0 aromatic rings. The first-order chi connectivity index (χ1) is 15.5. The van der Waals surface area contributed by atoms with E-state index < -0.39 is 11.6 Å². The van der Waals surface area contributed by atoms with Crippen molar-refractivity contribution in [3.8, 4) is 0 Å². The largest absolute Gasteiger partial charge is 0.344 e. The van der Waals surface area contributed by atoms with Crippen molar-refractivity contribution in [3.05, 3.63) is 0 Å². The first-order valence-electron chi connectivity index (χ1n) is 14.3. The van der Waals surface area contributed by atoms with Gasteiger partial charge in [-0.05, 0) is 126 Å². The summed E-state index contributed by atoms with van der Waals surface area (Å²) in [5.74, 6) is 0.386. The summed E-state index contributed by atoms with van der Waals surface area (Å²) in [5.41, 5.74) is -0.618. The lowest BCUT2D eigenvalue weighted by molar-refractivity contribution is -0.330. The molecular formula is C31H60O4. The van der Waals surface area contributed by atoms with Crippen molar-refractivity contribution in [2.75, 3.05) is 0 Å². The minimum absolute atomic E-state index is 0.222. The van der Waals surface area contributed by atoms with Gasteiger partial charge in [0.05, 0.1) is 22.4 Å². The van der Waals surface area contributed by atoms with Crippen molar-refractivity contribution < 1.29 is 18.9 Å². The highest BCUT2D eigenvalue weighted by Crippen LogP contribution is 2.53. The molecule has 35 heavy (non-hydrogen) atoms.